The molecule has 2 aromatic heterocycles. The maximum Gasteiger partial charge on any atom is 0.159 e. The van der Waals surface area contributed by atoms with E-state index >= 15 is 0 Å². The van der Waals surface area contributed by atoms with Crippen molar-refractivity contribution < 1.29 is 14.3 Å². The molecular formula is C29H33N5O3. The van der Waals surface area contributed by atoms with Gasteiger partial charge in [-0.2, -0.15) is 5.10 Å². The number of para-hydroxylation sites is 1. The number of aromatic nitrogens is 4. The van der Waals surface area contributed by atoms with E-state index in [-0.39, 0.29) is 11.9 Å². The Kier molecular flexibility index (Phi) is 6.76. The molecule has 8 heteroatoms. The van der Waals surface area contributed by atoms with Crippen LogP contribution in [0.15, 0.2) is 60.8 Å². The lowest BCUT2D eigenvalue weighted by molar-refractivity contribution is -0.0592. The highest BCUT2D eigenvalue weighted by molar-refractivity contribution is 5.97. The summed E-state index contributed by atoms with van der Waals surface area (Å²) in [6.07, 6.45) is 5.46. The van der Waals surface area contributed by atoms with E-state index in [0.717, 1.165) is 85.9 Å². The average molecular weight is 500 g/mol. The molecule has 0 saturated carbocycles. The Labute approximate surface area is 216 Å². The van der Waals surface area contributed by atoms with Crippen LogP contribution in [-0.2, 0) is 24.4 Å². The van der Waals surface area contributed by atoms with Gasteiger partial charge in [0, 0.05) is 31.5 Å². The highest BCUT2D eigenvalue weighted by Gasteiger charge is 2.26. The second-order valence-electron chi connectivity index (χ2n) is 10.1. The molecule has 0 amide bonds. The summed E-state index contributed by atoms with van der Waals surface area (Å²) < 4.78 is 16.0. The zero-order valence-electron chi connectivity index (χ0n) is 21.3. The number of ketones is 1. The molecule has 192 valence electrons. The van der Waals surface area contributed by atoms with Crippen molar-refractivity contribution >= 4 is 16.8 Å². The first kappa shape index (κ1) is 23.9. The molecule has 1 atom stereocenters. The minimum absolute atomic E-state index is 0.0755. The number of benzene rings is 2. The number of carbonyl (C=O) groups excluding carboxylic acids is 1. The molecule has 2 aliphatic heterocycles. The van der Waals surface area contributed by atoms with Crippen LogP contribution in [0.1, 0.15) is 54.1 Å². The van der Waals surface area contributed by atoms with Gasteiger partial charge in [-0.05, 0) is 62.6 Å². The molecule has 4 aromatic rings. The van der Waals surface area contributed by atoms with E-state index in [1.807, 2.05) is 48.5 Å². The zero-order chi connectivity index (χ0) is 25.2. The summed E-state index contributed by atoms with van der Waals surface area (Å²) >= 11 is 0. The fourth-order valence-electron chi connectivity index (χ4n) is 5.22. The summed E-state index contributed by atoms with van der Waals surface area (Å²) in [5.74, 6) is 1.98. The second-order valence-corrected chi connectivity index (χ2v) is 10.1. The van der Waals surface area contributed by atoms with Crippen LogP contribution in [0.2, 0.25) is 0 Å². The first-order valence-electron chi connectivity index (χ1n) is 13.2. The number of hydrogen-bond acceptors (Lipinski definition) is 6. The van der Waals surface area contributed by atoms with Gasteiger partial charge in [0.25, 0.3) is 0 Å². The molecule has 0 radical (unpaired) electrons. The van der Waals surface area contributed by atoms with Crippen molar-refractivity contribution in [2.24, 2.45) is 0 Å². The van der Waals surface area contributed by atoms with Crippen molar-refractivity contribution in [2.45, 2.75) is 58.0 Å². The molecule has 0 aliphatic carbocycles. The largest absolute Gasteiger partial charge is 0.487 e. The van der Waals surface area contributed by atoms with E-state index in [4.69, 9.17) is 19.6 Å². The van der Waals surface area contributed by atoms with Crippen LogP contribution in [0, 0.1) is 0 Å². The first-order valence-corrected chi connectivity index (χ1v) is 13.2. The van der Waals surface area contributed by atoms with Gasteiger partial charge in [0.1, 0.15) is 18.2 Å². The van der Waals surface area contributed by atoms with Crippen molar-refractivity contribution in [1.82, 2.24) is 24.2 Å². The fraction of sp³-hybridized carbons (Fsp3) is 0.414. The molecule has 0 N–H and O–H groups in total. The summed E-state index contributed by atoms with van der Waals surface area (Å²) in [7, 11) is 0. The van der Waals surface area contributed by atoms with Crippen LogP contribution in [0.5, 0.6) is 5.75 Å². The molecule has 2 fully saturated rings. The third kappa shape index (κ3) is 5.31. The smallest absolute Gasteiger partial charge is 0.159 e. The summed E-state index contributed by atoms with van der Waals surface area (Å²) in [6.45, 7) is 6.46. The molecule has 2 aromatic carbocycles. The molecule has 8 nitrogen and oxygen atoms in total. The van der Waals surface area contributed by atoms with E-state index < -0.39 is 0 Å². The number of nitrogens with zero attached hydrogens (tertiary/aromatic N) is 5. The van der Waals surface area contributed by atoms with Crippen LogP contribution in [0.25, 0.3) is 11.0 Å². The minimum atomic E-state index is 0.0755. The molecule has 0 bridgehead atoms. The highest BCUT2D eigenvalue weighted by Crippen LogP contribution is 2.26. The van der Waals surface area contributed by atoms with Crippen molar-refractivity contribution in [3.05, 3.63) is 77.9 Å². The maximum atomic E-state index is 12.0. The van der Waals surface area contributed by atoms with Gasteiger partial charge in [0.05, 0.1) is 42.0 Å². The third-order valence-electron chi connectivity index (χ3n) is 7.50. The minimum Gasteiger partial charge on any atom is -0.487 e. The summed E-state index contributed by atoms with van der Waals surface area (Å²) in [5, 5.41) is 4.79. The molecule has 0 spiro atoms. The number of piperidine rings is 1. The normalized spacial score (nSPS) is 18.7. The first-order chi connectivity index (χ1) is 18.1. The van der Waals surface area contributed by atoms with Gasteiger partial charge in [-0.15, -0.1) is 0 Å². The van der Waals surface area contributed by atoms with Crippen LogP contribution >= 0.6 is 0 Å². The summed E-state index contributed by atoms with van der Waals surface area (Å²) in [5.41, 5.74) is 3.64. The Bertz CT molecular complexity index is 1370. The fourth-order valence-corrected chi connectivity index (χ4v) is 5.22. The Morgan fingerprint density at radius 1 is 1.08 bits per heavy atom. The van der Waals surface area contributed by atoms with Crippen LogP contribution in [0.3, 0.4) is 0 Å². The highest BCUT2D eigenvalue weighted by atomic mass is 16.5. The van der Waals surface area contributed by atoms with Gasteiger partial charge in [-0.25, -0.2) is 4.98 Å². The molecular weight excluding hydrogens is 466 g/mol. The number of hydrogen-bond donors (Lipinski definition) is 0. The quantitative estimate of drug-likeness (QED) is 0.313. The number of rotatable bonds is 9. The maximum absolute atomic E-state index is 12.0. The number of Topliss-reactive ketones (excluding diaryl/α,β-unsaturated/α-hetero) is 1. The van der Waals surface area contributed by atoms with E-state index in [2.05, 4.69) is 26.4 Å². The molecule has 2 aliphatic rings. The van der Waals surface area contributed by atoms with Gasteiger partial charge >= 0.3 is 0 Å². The average Bonchev–Trinajstić information content (AvgIpc) is 3.50. The number of carbonyl (C=O) groups is 1. The molecule has 0 unspecified atom stereocenters. The lowest BCUT2D eigenvalue weighted by Gasteiger charge is -2.32. The SMILES string of the molecule is CC(=O)c1ccc2nc(CN3CCC(n4ccc(COc5ccccc5)n4)CC3)n(C[C@@H]3CCO3)c2c1. The summed E-state index contributed by atoms with van der Waals surface area (Å²) in [4.78, 5) is 19.4. The van der Waals surface area contributed by atoms with E-state index in [1.165, 1.54) is 0 Å². The number of fused-ring (bicyclic) bond motifs is 1. The Hall–Kier alpha value is -3.49. The zero-order valence-corrected chi connectivity index (χ0v) is 21.3. The Morgan fingerprint density at radius 3 is 2.62 bits per heavy atom. The van der Waals surface area contributed by atoms with Crippen LogP contribution < -0.4 is 4.74 Å². The standard InChI is InChI=1S/C29H33N5O3/c1-21(35)22-7-8-27-28(17-22)33(18-26-12-16-36-26)29(30-27)19-32-13-10-24(11-14-32)34-15-9-23(31-34)20-37-25-5-3-2-4-6-25/h2-9,15,17,24,26H,10-14,16,18-20H2,1H3/t26-/m0/s1. The molecule has 2 saturated heterocycles. The predicted octanol–water partition coefficient (Wildman–Crippen LogP) is 4.64. The predicted molar refractivity (Wildman–Crippen MR) is 141 cm³/mol. The van der Waals surface area contributed by atoms with Crippen LogP contribution in [0.4, 0.5) is 0 Å². The topological polar surface area (TPSA) is 74.4 Å². The van der Waals surface area contributed by atoms with E-state index in [1.54, 1.807) is 6.92 Å². The summed E-state index contributed by atoms with van der Waals surface area (Å²) in [6, 6.07) is 18.1. The number of imidazole rings is 1. The van der Waals surface area contributed by atoms with Crippen LogP contribution in [-0.4, -0.2) is 55.8 Å². The number of ether oxygens (including phenoxy) is 2. The van der Waals surface area contributed by atoms with Gasteiger partial charge in [-0.1, -0.05) is 18.2 Å². The Morgan fingerprint density at radius 2 is 1.89 bits per heavy atom. The van der Waals surface area contributed by atoms with E-state index in [0.29, 0.717) is 12.6 Å². The van der Waals surface area contributed by atoms with E-state index in [9.17, 15) is 4.79 Å². The second kappa shape index (κ2) is 10.5. The monoisotopic (exact) mass is 499 g/mol. The Balaban J connectivity index is 1.10. The lowest BCUT2D eigenvalue weighted by Crippen LogP contribution is -2.36. The van der Waals surface area contributed by atoms with Gasteiger partial charge < -0.3 is 14.0 Å². The number of likely N-dealkylation sites (tertiary alicyclic amines) is 1. The van der Waals surface area contributed by atoms with Gasteiger partial charge in [0.15, 0.2) is 5.78 Å². The molecule has 6 rings (SSSR count). The van der Waals surface area contributed by atoms with Crippen molar-refractivity contribution in [2.75, 3.05) is 19.7 Å². The lowest BCUT2D eigenvalue weighted by atomic mass is 10.1. The van der Waals surface area contributed by atoms with Crippen molar-refractivity contribution in [1.29, 1.82) is 0 Å². The third-order valence-corrected chi connectivity index (χ3v) is 7.50. The molecule has 37 heavy (non-hydrogen) atoms. The molecule has 4 heterocycles. The van der Waals surface area contributed by atoms with Crippen molar-refractivity contribution in [3.8, 4) is 5.75 Å². The van der Waals surface area contributed by atoms with Crippen molar-refractivity contribution in [3.63, 3.8) is 0 Å². The van der Waals surface area contributed by atoms with Gasteiger partial charge in [0.2, 0.25) is 0 Å². The van der Waals surface area contributed by atoms with Gasteiger partial charge in [-0.3, -0.25) is 14.4 Å².